The summed E-state index contributed by atoms with van der Waals surface area (Å²) in [5.74, 6) is 0.228. The first-order valence-corrected chi connectivity index (χ1v) is 10.1. The first-order valence-electron chi connectivity index (χ1n) is 10.1. The molecule has 160 valence electrons. The molecular weight excluding hydrogens is 392 g/mol. The Morgan fingerprint density at radius 3 is 2.42 bits per heavy atom. The van der Waals surface area contributed by atoms with Crippen LogP contribution in [0.15, 0.2) is 73.1 Å². The van der Waals surface area contributed by atoms with Crippen LogP contribution in [0.2, 0.25) is 0 Å². The van der Waals surface area contributed by atoms with Gasteiger partial charge in [-0.15, -0.1) is 0 Å². The summed E-state index contributed by atoms with van der Waals surface area (Å²) in [5.41, 5.74) is 2.27. The molecule has 0 aliphatic carbocycles. The number of rotatable bonds is 8. The highest BCUT2D eigenvalue weighted by molar-refractivity contribution is 5.96. The molecule has 3 rings (SSSR count). The fourth-order valence-electron chi connectivity index (χ4n) is 2.92. The summed E-state index contributed by atoms with van der Waals surface area (Å²) in [6, 6.07) is 17.3. The van der Waals surface area contributed by atoms with E-state index in [2.05, 4.69) is 10.3 Å². The molecule has 2 aromatic carbocycles. The van der Waals surface area contributed by atoms with Gasteiger partial charge in [-0.1, -0.05) is 49.7 Å². The van der Waals surface area contributed by atoms with Gasteiger partial charge in [-0.05, 0) is 43.2 Å². The number of para-hydroxylation sites is 1. The van der Waals surface area contributed by atoms with Gasteiger partial charge < -0.3 is 14.8 Å². The van der Waals surface area contributed by atoms with Crippen molar-refractivity contribution in [1.82, 2.24) is 10.3 Å². The average Bonchev–Trinajstić information content (AvgIpc) is 2.77. The quantitative estimate of drug-likeness (QED) is 0.538. The summed E-state index contributed by atoms with van der Waals surface area (Å²) in [5, 5.41) is 2.79. The van der Waals surface area contributed by atoms with Crippen LogP contribution in [-0.2, 0) is 16.1 Å². The molecule has 3 aromatic rings. The van der Waals surface area contributed by atoms with Gasteiger partial charge in [0.1, 0.15) is 24.1 Å². The standard InChI is InChI=1S/C25H26N2O4/c1-17(2)23(27-24(28)19-12-10-18(3)11-13-19)25(29)30-16-20-7-4-5-9-22(20)31-21-8-6-14-26-15-21/h4-15,17,23H,16H2,1-3H3,(H,27,28)/t23-/m0/s1. The SMILES string of the molecule is Cc1ccc(C(=O)N[C@H](C(=O)OCc2ccccc2Oc2cccnc2)C(C)C)cc1. The average molecular weight is 418 g/mol. The van der Waals surface area contributed by atoms with Crippen LogP contribution < -0.4 is 10.1 Å². The van der Waals surface area contributed by atoms with Crippen LogP contribution in [0.5, 0.6) is 11.5 Å². The second kappa shape index (κ2) is 10.4. The van der Waals surface area contributed by atoms with E-state index in [0.29, 0.717) is 22.6 Å². The van der Waals surface area contributed by atoms with E-state index in [9.17, 15) is 9.59 Å². The van der Waals surface area contributed by atoms with E-state index in [-0.39, 0.29) is 18.4 Å². The van der Waals surface area contributed by atoms with Crippen molar-refractivity contribution < 1.29 is 19.1 Å². The largest absolute Gasteiger partial charge is 0.459 e. The van der Waals surface area contributed by atoms with Crippen LogP contribution in [0.1, 0.15) is 35.3 Å². The minimum absolute atomic E-state index is 0.0267. The highest BCUT2D eigenvalue weighted by Gasteiger charge is 2.26. The molecular formula is C25H26N2O4. The number of carbonyl (C=O) groups is 2. The number of ether oxygens (including phenoxy) is 2. The first-order chi connectivity index (χ1) is 14.9. The zero-order chi connectivity index (χ0) is 22.2. The van der Waals surface area contributed by atoms with E-state index >= 15 is 0 Å². The highest BCUT2D eigenvalue weighted by atomic mass is 16.5. The molecule has 0 unspecified atom stereocenters. The number of hydrogen-bond acceptors (Lipinski definition) is 5. The smallest absolute Gasteiger partial charge is 0.329 e. The lowest BCUT2D eigenvalue weighted by molar-refractivity contribution is -0.148. The van der Waals surface area contributed by atoms with Crippen molar-refractivity contribution in [1.29, 1.82) is 0 Å². The van der Waals surface area contributed by atoms with E-state index in [1.807, 2.05) is 51.1 Å². The molecule has 1 heterocycles. The van der Waals surface area contributed by atoms with Crippen molar-refractivity contribution in [2.45, 2.75) is 33.4 Å². The predicted molar refractivity (Wildman–Crippen MR) is 118 cm³/mol. The maximum Gasteiger partial charge on any atom is 0.329 e. The number of nitrogens with zero attached hydrogens (tertiary/aromatic N) is 1. The Balaban J connectivity index is 1.65. The minimum Gasteiger partial charge on any atom is -0.459 e. The number of aryl methyl sites for hydroxylation is 1. The van der Waals surface area contributed by atoms with Gasteiger partial charge in [0.2, 0.25) is 0 Å². The molecule has 0 bridgehead atoms. The normalized spacial score (nSPS) is 11.6. The van der Waals surface area contributed by atoms with E-state index in [4.69, 9.17) is 9.47 Å². The lowest BCUT2D eigenvalue weighted by Gasteiger charge is -2.21. The fraction of sp³-hybridized carbons (Fsp3) is 0.240. The molecule has 0 fully saturated rings. The van der Waals surface area contributed by atoms with Crippen molar-refractivity contribution in [3.05, 3.63) is 89.7 Å². The molecule has 0 saturated heterocycles. The lowest BCUT2D eigenvalue weighted by Crippen LogP contribution is -2.45. The first kappa shape index (κ1) is 22.0. The Labute approximate surface area is 182 Å². The van der Waals surface area contributed by atoms with Crippen molar-refractivity contribution in [2.75, 3.05) is 0 Å². The minimum atomic E-state index is -0.764. The number of hydrogen-bond donors (Lipinski definition) is 1. The molecule has 0 radical (unpaired) electrons. The van der Waals surface area contributed by atoms with Crippen LogP contribution in [0.25, 0.3) is 0 Å². The molecule has 31 heavy (non-hydrogen) atoms. The van der Waals surface area contributed by atoms with Crippen molar-refractivity contribution >= 4 is 11.9 Å². The Kier molecular flexibility index (Phi) is 7.38. The number of aromatic nitrogens is 1. The van der Waals surface area contributed by atoms with Gasteiger partial charge in [-0.25, -0.2) is 4.79 Å². The van der Waals surface area contributed by atoms with Gasteiger partial charge in [0.15, 0.2) is 0 Å². The number of nitrogens with one attached hydrogen (secondary N) is 1. The van der Waals surface area contributed by atoms with E-state index < -0.39 is 12.0 Å². The fourth-order valence-corrected chi connectivity index (χ4v) is 2.92. The number of pyridine rings is 1. The summed E-state index contributed by atoms with van der Waals surface area (Å²) < 4.78 is 11.4. The summed E-state index contributed by atoms with van der Waals surface area (Å²) in [4.78, 5) is 29.4. The van der Waals surface area contributed by atoms with Gasteiger partial charge in [-0.3, -0.25) is 9.78 Å². The zero-order valence-corrected chi connectivity index (χ0v) is 17.9. The second-order valence-corrected chi connectivity index (χ2v) is 7.57. The number of benzene rings is 2. The van der Waals surface area contributed by atoms with Crippen LogP contribution >= 0.6 is 0 Å². The molecule has 0 spiro atoms. The topological polar surface area (TPSA) is 77.5 Å². The number of esters is 1. The maximum absolute atomic E-state index is 12.8. The van der Waals surface area contributed by atoms with E-state index in [1.54, 1.807) is 42.7 Å². The molecule has 0 aliphatic heterocycles. The van der Waals surface area contributed by atoms with Gasteiger partial charge in [0.25, 0.3) is 5.91 Å². The van der Waals surface area contributed by atoms with Crippen molar-refractivity contribution in [2.24, 2.45) is 5.92 Å². The van der Waals surface area contributed by atoms with Crippen LogP contribution in [0, 0.1) is 12.8 Å². The molecule has 1 N–H and O–H groups in total. The third kappa shape index (κ3) is 6.15. The molecule has 1 amide bonds. The summed E-state index contributed by atoms with van der Waals surface area (Å²) in [6.45, 7) is 5.70. The highest BCUT2D eigenvalue weighted by Crippen LogP contribution is 2.25. The third-order valence-corrected chi connectivity index (χ3v) is 4.73. The van der Waals surface area contributed by atoms with Crippen LogP contribution in [-0.4, -0.2) is 22.9 Å². The van der Waals surface area contributed by atoms with Crippen LogP contribution in [0.3, 0.4) is 0 Å². The molecule has 0 saturated carbocycles. The monoisotopic (exact) mass is 418 g/mol. The molecule has 1 atom stereocenters. The van der Waals surface area contributed by atoms with Crippen molar-refractivity contribution in [3.63, 3.8) is 0 Å². The van der Waals surface area contributed by atoms with Gasteiger partial charge in [0, 0.05) is 17.3 Å². The van der Waals surface area contributed by atoms with Crippen LogP contribution in [0.4, 0.5) is 0 Å². The summed E-state index contributed by atoms with van der Waals surface area (Å²) >= 11 is 0. The summed E-state index contributed by atoms with van der Waals surface area (Å²) in [6.07, 6.45) is 3.27. The Bertz CT molecular complexity index is 1020. The van der Waals surface area contributed by atoms with Crippen molar-refractivity contribution in [3.8, 4) is 11.5 Å². The third-order valence-electron chi connectivity index (χ3n) is 4.73. The second-order valence-electron chi connectivity index (χ2n) is 7.57. The van der Waals surface area contributed by atoms with E-state index in [0.717, 1.165) is 5.56 Å². The van der Waals surface area contributed by atoms with Gasteiger partial charge >= 0.3 is 5.97 Å². The van der Waals surface area contributed by atoms with Gasteiger partial charge in [-0.2, -0.15) is 0 Å². The number of amides is 1. The van der Waals surface area contributed by atoms with Gasteiger partial charge in [0.05, 0.1) is 6.20 Å². The Hall–Kier alpha value is -3.67. The van der Waals surface area contributed by atoms with E-state index in [1.165, 1.54) is 0 Å². The molecule has 1 aromatic heterocycles. The lowest BCUT2D eigenvalue weighted by atomic mass is 10.0. The Morgan fingerprint density at radius 2 is 1.74 bits per heavy atom. The predicted octanol–water partition coefficient (Wildman–Crippen LogP) is 4.68. The zero-order valence-electron chi connectivity index (χ0n) is 17.9. The molecule has 0 aliphatic rings. The maximum atomic E-state index is 12.8. The molecule has 6 heteroatoms. The number of carbonyl (C=O) groups excluding carboxylic acids is 2. The Morgan fingerprint density at radius 1 is 1.00 bits per heavy atom. The summed E-state index contributed by atoms with van der Waals surface area (Å²) in [7, 11) is 0. The molecule has 6 nitrogen and oxygen atoms in total.